The van der Waals surface area contributed by atoms with Crippen LogP contribution in [0.15, 0.2) is 97.6 Å². The van der Waals surface area contributed by atoms with Crippen LogP contribution in [0.2, 0.25) is 0 Å². The molecule has 0 saturated heterocycles. The van der Waals surface area contributed by atoms with Gasteiger partial charge in [-0.05, 0) is 142 Å². The summed E-state index contributed by atoms with van der Waals surface area (Å²) < 4.78 is 0. The Balaban J connectivity index is 1.09. The normalized spacial score (nSPS) is 27.5. The lowest BCUT2D eigenvalue weighted by Gasteiger charge is -2.61. The lowest BCUT2D eigenvalue weighted by molar-refractivity contribution is -0.00721. The Morgan fingerprint density at radius 1 is 0.522 bits per heavy atom. The predicted octanol–water partition coefficient (Wildman–Crippen LogP) is 9.54. The maximum atomic E-state index is 4.94. The van der Waals surface area contributed by atoms with Crippen molar-refractivity contribution in [3.05, 3.63) is 131 Å². The minimum absolute atomic E-state index is 0.295. The molecule has 6 aliphatic carbocycles. The highest BCUT2D eigenvalue weighted by Crippen LogP contribution is 2.68. The van der Waals surface area contributed by atoms with E-state index in [4.69, 9.17) is 9.97 Å². The van der Waals surface area contributed by atoms with Crippen LogP contribution < -0.4 is 0 Å². The van der Waals surface area contributed by atoms with Gasteiger partial charge in [-0.15, -0.1) is 0 Å². The molecule has 4 bridgehead atoms. The average molecular weight is 603 g/mol. The number of nitrogens with zero attached hydrogens (tertiary/aromatic N) is 4. The second kappa shape index (κ2) is 10.2. The topological polar surface area (TPSA) is 51.6 Å². The van der Waals surface area contributed by atoms with Crippen LogP contribution in [0.5, 0.6) is 0 Å². The van der Waals surface area contributed by atoms with E-state index in [1.807, 2.05) is 24.5 Å². The molecule has 5 aromatic rings. The minimum Gasteiger partial charge on any atom is -0.255 e. The van der Waals surface area contributed by atoms with Crippen LogP contribution in [-0.4, -0.2) is 19.9 Å². The number of rotatable bonds is 6. The maximum Gasteiger partial charge on any atom is 0.0889 e. The molecule has 0 amide bonds. The van der Waals surface area contributed by atoms with Gasteiger partial charge in [0.15, 0.2) is 0 Å². The third kappa shape index (κ3) is 4.11. The Bertz CT molecular complexity index is 1800. The maximum absolute atomic E-state index is 4.94. The molecule has 0 aliphatic heterocycles. The van der Waals surface area contributed by atoms with Crippen molar-refractivity contribution in [1.29, 1.82) is 0 Å². The molecule has 6 atom stereocenters. The third-order valence-electron chi connectivity index (χ3n) is 13.0. The van der Waals surface area contributed by atoms with Crippen LogP contribution in [0.25, 0.3) is 22.8 Å². The van der Waals surface area contributed by atoms with E-state index in [1.165, 1.54) is 46.2 Å². The monoisotopic (exact) mass is 602 g/mol. The molecule has 0 spiro atoms. The fraction of sp³-hybridized carbons (Fsp3) is 0.381. The first kappa shape index (κ1) is 28.1. The molecule has 1 aromatic carbocycles. The Kier molecular flexibility index (Phi) is 6.20. The highest BCUT2D eigenvalue weighted by atomic mass is 14.8. The predicted molar refractivity (Wildman–Crippen MR) is 184 cm³/mol. The van der Waals surface area contributed by atoms with E-state index in [2.05, 4.69) is 111 Å². The number of hydrogen-bond acceptors (Lipinski definition) is 4. The zero-order valence-corrected chi connectivity index (χ0v) is 27.3. The van der Waals surface area contributed by atoms with Crippen molar-refractivity contribution in [3.8, 4) is 22.8 Å². The molecular formula is C42H42N4. The van der Waals surface area contributed by atoms with Gasteiger partial charge in [0.25, 0.3) is 0 Å². The highest BCUT2D eigenvalue weighted by molar-refractivity contribution is 5.59. The largest absolute Gasteiger partial charge is 0.255 e. The summed E-state index contributed by atoms with van der Waals surface area (Å²) in [5.41, 5.74) is 13.5. The minimum atomic E-state index is 0.295. The molecule has 4 nitrogen and oxygen atoms in total. The molecule has 2 fully saturated rings. The van der Waals surface area contributed by atoms with Gasteiger partial charge in [-0.1, -0.05) is 64.1 Å². The third-order valence-corrected chi connectivity index (χ3v) is 13.0. The van der Waals surface area contributed by atoms with Crippen molar-refractivity contribution in [2.45, 2.75) is 77.0 Å². The van der Waals surface area contributed by atoms with Gasteiger partial charge in [-0.3, -0.25) is 19.9 Å². The van der Waals surface area contributed by atoms with Crippen molar-refractivity contribution < 1.29 is 0 Å². The summed E-state index contributed by atoms with van der Waals surface area (Å²) in [4.78, 5) is 19.2. The van der Waals surface area contributed by atoms with Gasteiger partial charge >= 0.3 is 0 Å². The van der Waals surface area contributed by atoms with Crippen LogP contribution >= 0.6 is 0 Å². The standard InChI is InChI=1S/C42H42N4/c1-41(2)33-21-35(41)31-23-45-39(37-13-7-9-15-43-37)19-27(31)29(33)17-25-11-5-6-12-26(25)18-30-28-20-40(38-14-8-10-16-44-38)46-24-32(28)36-22-34(30)42(36,3)4/h5-16,19-20,23-24,29-30,33-36H,17-18,21-22H2,1-4H3/t29-,30?,33?,34+,35+,36-/m0/s1. The van der Waals surface area contributed by atoms with Gasteiger partial charge in [-0.25, -0.2) is 0 Å². The first-order valence-electron chi connectivity index (χ1n) is 17.2. The van der Waals surface area contributed by atoms with E-state index in [9.17, 15) is 0 Å². The van der Waals surface area contributed by atoms with Crippen molar-refractivity contribution in [1.82, 2.24) is 19.9 Å². The zero-order valence-electron chi connectivity index (χ0n) is 27.3. The van der Waals surface area contributed by atoms with E-state index in [1.54, 1.807) is 0 Å². The van der Waals surface area contributed by atoms with E-state index in [-0.39, 0.29) is 0 Å². The van der Waals surface area contributed by atoms with Gasteiger partial charge in [-0.2, -0.15) is 0 Å². The summed E-state index contributed by atoms with van der Waals surface area (Å²) in [5.74, 6) is 3.49. The number of pyridine rings is 4. The number of hydrogen-bond donors (Lipinski definition) is 0. The second-order valence-corrected chi connectivity index (χ2v) is 15.6. The molecule has 2 saturated carbocycles. The van der Waals surface area contributed by atoms with Crippen molar-refractivity contribution in [2.24, 2.45) is 22.7 Å². The first-order chi connectivity index (χ1) is 22.3. The molecule has 46 heavy (non-hydrogen) atoms. The van der Waals surface area contributed by atoms with Crippen LogP contribution in [0.3, 0.4) is 0 Å². The smallest absolute Gasteiger partial charge is 0.0889 e. The van der Waals surface area contributed by atoms with E-state index < -0.39 is 0 Å². The summed E-state index contributed by atoms with van der Waals surface area (Å²) in [6, 6.07) is 26.3. The summed E-state index contributed by atoms with van der Waals surface area (Å²) in [7, 11) is 0. The molecule has 0 radical (unpaired) electrons. The first-order valence-corrected chi connectivity index (χ1v) is 17.2. The van der Waals surface area contributed by atoms with E-state index in [0.717, 1.165) is 35.6 Å². The molecular weight excluding hydrogens is 560 g/mol. The summed E-state index contributed by atoms with van der Waals surface area (Å²) >= 11 is 0. The molecule has 4 heterocycles. The number of benzene rings is 1. The molecule has 0 N–H and O–H groups in total. The molecule has 11 rings (SSSR count). The zero-order chi connectivity index (χ0) is 31.2. The Morgan fingerprint density at radius 3 is 1.35 bits per heavy atom. The fourth-order valence-electron chi connectivity index (χ4n) is 10.2. The average Bonchev–Trinajstić information content (AvgIpc) is 3.09. The Labute approximate surface area is 272 Å². The Morgan fingerprint density at radius 2 is 0.957 bits per heavy atom. The lowest BCUT2D eigenvalue weighted by Crippen LogP contribution is -2.51. The van der Waals surface area contributed by atoms with Gasteiger partial charge in [0, 0.05) is 24.8 Å². The molecule has 4 aromatic heterocycles. The highest BCUT2D eigenvalue weighted by Gasteiger charge is 2.58. The lowest BCUT2D eigenvalue weighted by atomic mass is 9.43. The van der Waals surface area contributed by atoms with Crippen LogP contribution in [0.1, 0.15) is 97.6 Å². The van der Waals surface area contributed by atoms with Gasteiger partial charge in [0.2, 0.25) is 0 Å². The molecule has 230 valence electrons. The SMILES string of the molecule is CC1(C)C2C[C@@H]1c1cnc(-c3ccccn3)cc1[C@@H]2Cc1ccccc1CC1c2cc(-c3ccccn3)ncc2[C@@H]2C[C@H]1C2(C)C. The van der Waals surface area contributed by atoms with Gasteiger partial charge < -0.3 is 0 Å². The molecule has 6 aliphatic rings. The molecule has 2 unspecified atom stereocenters. The van der Waals surface area contributed by atoms with Crippen molar-refractivity contribution in [2.75, 3.05) is 0 Å². The van der Waals surface area contributed by atoms with Crippen LogP contribution in [-0.2, 0) is 12.8 Å². The van der Waals surface area contributed by atoms with Crippen LogP contribution in [0, 0.1) is 22.7 Å². The van der Waals surface area contributed by atoms with Crippen LogP contribution in [0.4, 0.5) is 0 Å². The fourth-order valence-corrected chi connectivity index (χ4v) is 10.2. The van der Waals surface area contributed by atoms with E-state index in [0.29, 0.717) is 46.3 Å². The summed E-state index contributed by atoms with van der Waals surface area (Å²) in [5, 5.41) is 0. The van der Waals surface area contributed by atoms with Gasteiger partial charge in [0.05, 0.1) is 22.8 Å². The van der Waals surface area contributed by atoms with Gasteiger partial charge in [0.1, 0.15) is 0 Å². The van der Waals surface area contributed by atoms with E-state index >= 15 is 0 Å². The number of aromatic nitrogens is 4. The Hall–Kier alpha value is -4.18. The van der Waals surface area contributed by atoms with Crippen molar-refractivity contribution >= 4 is 0 Å². The quantitative estimate of drug-likeness (QED) is 0.194. The molecule has 4 heteroatoms. The summed E-state index contributed by atoms with van der Waals surface area (Å²) in [6.45, 7) is 9.95. The van der Waals surface area contributed by atoms with Crippen molar-refractivity contribution in [3.63, 3.8) is 0 Å². The summed E-state index contributed by atoms with van der Waals surface area (Å²) in [6.07, 6.45) is 12.8. The second-order valence-electron chi connectivity index (χ2n) is 15.6.